The second-order valence-electron chi connectivity index (χ2n) is 5.93. The molecule has 8 heteroatoms. The molecule has 1 heterocycles. The van der Waals surface area contributed by atoms with E-state index in [4.69, 9.17) is 17.0 Å². The maximum absolute atomic E-state index is 13.7. The molecule has 140 valence electrons. The summed E-state index contributed by atoms with van der Waals surface area (Å²) < 4.78 is 20.4. The molecule has 6 nitrogen and oxygen atoms in total. The molecule has 0 atom stereocenters. The third kappa shape index (κ3) is 4.12. The van der Waals surface area contributed by atoms with Gasteiger partial charge in [0.15, 0.2) is 4.77 Å². The average molecular weight is 387 g/mol. The molecule has 0 unspecified atom stereocenters. The molecular formula is C19H18FN3O3S. The van der Waals surface area contributed by atoms with Crippen molar-refractivity contribution in [2.45, 2.75) is 13.0 Å². The van der Waals surface area contributed by atoms with E-state index in [0.717, 1.165) is 0 Å². The van der Waals surface area contributed by atoms with Crippen LogP contribution in [0, 0.1) is 10.6 Å². The first-order valence-corrected chi connectivity index (χ1v) is 8.74. The van der Waals surface area contributed by atoms with Gasteiger partial charge >= 0.3 is 0 Å². The fourth-order valence-corrected chi connectivity index (χ4v) is 3.01. The van der Waals surface area contributed by atoms with Gasteiger partial charge in [0.05, 0.1) is 16.6 Å². The number of fused-ring (bicyclic) bond motifs is 1. The van der Waals surface area contributed by atoms with Crippen LogP contribution < -0.4 is 10.9 Å². The number of aromatic nitrogens is 2. The highest BCUT2D eigenvalue weighted by Crippen LogP contribution is 2.16. The number of benzene rings is 2. The van der Waals surface area contributed by atoms with Crippen molar-refractivity contribution >= 4 is 34.7 Å². The molecule has 2 aromatic carbocycles. The maximum Gasteiger partial charge on any atom is 0.262 e. The van der Waals surface area contributed by atoms with Crippen molar-refractivity contribution in [3.8, 4) is 0 Å². The van der Waals surface area contributed by atoms with Crippen molar-refractivity contribution in [2.24, 2.45) is 0 Å². The van der Waals surface area contributed by atoms with Crippen LogP contribution in [0.15, 0.2) is 47.3 Å². The molecular weight excluding hydrogens is 369 g/mol. The summed E-state index contributed by atoms with van der Waals surface area (Å²) >= 11 is 5.26. The van der Waals surface area contributed by atoms with Crippen molar-refractivity contribution in [3.05, 3.63) is 69.0 Å². The van der Waals surface area contributed by atoms with E-state index in [1.807, 2.05) is 0 Å². The highest BCUT2D eigenvalue weighted by atomic mass is 32.1. The van der Waals surface area contributed by atoms with Gasteiger partial charge in [-0.25, -0.2) is 4.39 Å². The summed E-state index contributed by atoms with van der Waals surface area (Å²) in [6.45, 7) is 0.960. The number of nitrogens with zero attached hydrogens (tertiary/aromatic N) is 1. The fraction of sp³-hybridized carbons (Fsp3) is 0.211. The number of para-hydroxylation sites is 1. The number of ether oxygens (including phenoxy) is 1. The van der Waals surface area contributed by atoms with Crippen LogP contribution in [0.5, 0.6) is 0 Å². The highest BCUT2D eigenvalue weighted by Gasteiger charge is 2.12. The number of rotatable bonds is 6. The van der Waals surface area contributed by atoms with Crippen LogP contribution >= 0.6 is 12.2 Å². The molecule has 0 aliphatic rings. The number of halogens is 1. The van der Waals surface area contributed by atoms with Gasteiger partial charge in [0, 0.05) is 25.8 Å². The van der Waals surface area contributed by atoms with E-state index >= 15 is 0 Å². The van der Waals surface area contributed by atoms with Gasteiger partial charge in [0.2, 0.25) is 0 Å². The van der Waals surface area contributed by atoms with Crippen LogP contribution in [0.2, 0.25) is 0 Å². The van der Waals surface area contributed by atoms with E-state index in [9.17, 15) is 14.0 Å². The lowest BCUT2D eigenvalue weighted by Gasteiger charge is -2.10. The Balaban J connectivity index is 1.92. The first kappa shape index (κ1) is 18.9. The summed E-state index contributed by atoms with van der Waals surface area (Å²) in [5, 5.41) is 2.93. The molecule has 3 rings (SSSR count). The number of carbonyl (C=O) groups excluding carboxylic acids is 1. The summed E-state index contributed by atoms with van der Waals surface area (Å²) in [5.41, 5.74) is 0.595. The lowest BCUT2D eigenvalue weighted by Crippen LogP contribution is -2.23. The number of amides is 1. The van der Waals surface area contributed by atoms with Crippen molar-refractivity contribution < 1.29 is 13.9 Å². The van der Waals surface area contributed by atoms with Crippen LogP contribution in [-0.4, -0.2) is 29.2 Å². The minimum absolute atomic E-state index is 0.0871. The monoisotopic (exact) mass is 387 g/mol. The maximum atomic E-state index is 13.7. The first-order chi connectivity index (χ1) is 13.0. The molecule has 0 aliphatic carbocycles. The van der Waals surface area contributed by atoms with E-state index < -0.39 is 11.7 Å². The van der Waals surface area contributed by atoms with Crippen LogP contribution in [0.4, 0.5) is 10.1 Å². The van der Waals surface area contributed by atoms with Gasteiger partial charge in [0.1, 0.15) is 5.82 Å². The molecule has 2 N–H and O–H groups in total. The largest absolute Gasteiger partial charge is 0.385 e. The smallest absolute Gasteiger partial charge is 0.262 e. The number of nitrogens with one attached hydrogen (secondary N) is 2. The molecule has 0 bridgehead atoms. The number of H-pyrrole nitrogens is 1. The summed E-state index contributed by atoms with van der Waals surface area (Å²) in [4.78, 5) is 28.0. The zero-order valence-corrected chi connectivity index (χ0v) is 15.4. The van der Waals surface area contributed by atoms with Crippen LogP contribution in [-0.2, 0) is 11.3 Å². The number of hydrogen-bond donors (Lipinski definition) is 2. The second kappa shape index (κ2) is 8.24. The van der Waals surface area contributed by atoms with Crippen LogP contribution in [0.25, 0.3) is 10.9 Å². The predicted molar refractivity (Wildman–Crippen MR) is 104 cm³/mol. The number of anilines is 1. The van der Waals surface area contributed by atoms with E-state index in [1.165, 1.54) is 28.8 Å². The molecule has 3 aromatic rings. The van der Waals surface area contributed by atoms with Crippen molar-refractivity contribution in [1.29, 1.82) is 0 Å². The van der Waals surface area contributed by atoms with Crippen molar-refractivity contribution in [2.75, 3.05) is 19.0 Å². The van der Waals surface area contributed by atoms with Gasteiger partial charge < -0.3 is 15.0 Å². The number of carbonyl (C=O) groups is 1. The van der Waals surface area contributed by atoms with Crippen molar-refractivity contribution in [3.63, 3.8) is 0 Å². The Kier molecular flexibility index (Phi) is 5.78. The Morgan fingerprint density at radius 1 is 1.30 bits per heavy atom. The Morgan fingerprint density at radius 2 is 2.07 bits per heavy atom. The topological polar surface area (TPSA) is 76.1 Å². The van der Waals surface area contributed by atoms with Crippen LogP contribution in [0.3, 0.4) is 0 Å². The van der Waals surface area contributed by atoms with Gasteiger partial charge in [-0.1, -0.05) is 12.1 Å². The van der Waals surface area contributed by atoms with Crippen LogP contribution in [0.1, 0.15) is 16.8 Å². The standard InChI is InChI=1S/C19H18FN3O3S/c1-26-10-4-9-23-18(25)13-8-7-12(11-16(13)22-19(23)27)17(24)21-15-6-3-2-5-14(15)20/h2-3,5-8,11H,4,9-10H2,1H3,(H,21,24)(H,22,27). The van der Waals surface area contributed by atoms with Gasteiger partial charge in [-0.05, 0) is 49.0 Å². The van der Waals surface area contributed by atoms with Crippen molar-refractivity contribution in [1.82, 2.24) is 9.55 Å². The Labute approximate surface area is 159 Å². The third-order valence-corrected chi connectivity index (χ3v) is 4.42. The average Bonchev–Trinajstić information content (AvgIpc) is 2.65. The number of hydrogen-bond acceptors (Lipinski definition) is 4. The SMILES string of the molecule is COCCCn1c(=S)[nH]c2cc(C(=O)Nc3ccccc3F)ccc2c1=O. The Morgan fingerprint density at radius 3 is 2.81 bits per heavy atom. The minimum Gasteiger partial charge on any atom is -0.385 e. The fourth-order valence-electron chi connectivity index (χ4n) is 2.72. The summed E-state index contributed by atoms with van der Waals surface area (Å²) in [7, 11) is 1.60. The third-order valence-electron chi connectivity index (χ3n) is 4.10. The van der Waals surface area contributed by atoms with E-state index in [0.29, 0.717) is 30.5 Å². The molecule has 0 fully saturated rings. The molecule has 0 aliphatic heterocycles. The zero-order valence-electron chi connectivity index (χ0n) is 14.6. The van der Waals surface area contributed by atoms with E-state index in [2.05, 4.69) is 10.3 Å². The Hall–Kier alpha value is -2.84. The summed E-state index contributed by atoms with van der Waals surface area (Å²) in [6, 6.07) is 10.5. The molecule has 1 aromatic heterocycles. The minimum atomic E-state index is -0.523. The zero-order chi connectivity index (χ0) is 19.4. The molecule has 1 amide bonds. The molecule has 27 heavy (non-hydrogen) atoms. The Bertz CT molecular complexity index is 1110. The van der Waals surface area contributed by atoms with E-state index in [1.54, 1.807) is 25.3 Å². The predicted octanol–water partition coefficient (Wildman–Crippen LogP) is 3.49. The first-order valence-electron chi connectivity index (χ1n) is 8.33. The summed E-state index contributed by atoms with van der Waals surface area (Å²) in [5.74, 6) is -1.00. The highest BCUT2D eigenvalue weighted by molar-refractivity contribution is 7.71. The summed E-state index contributed by atoms with van der Waals surface area (Å²) in [6.07, 6.45) is 0.655. The van der Waals surface area contributed by atoms with Gasteiger partial charge in [-0.3, -0.25) is 14.2 Å². The quantitative estimate of drug-likeness (QED) is 0.501. The normalized spacial score (nSPS) is 10.9. The number of aromatic amines is 1. The molecule has 0 saturated heterocycles. The molecule has 0 radical (unpaired) electrons. The molecule has 0 spiro atoms. The number of methoxy groups -OCH3 is 1. The second-order valence-corrected chi connectivity index (χ2v) is 6.31. The molecule has 0 saturated carbocycles. The van der Waals surface area contributed by atoms with Gasteiger partial charge in [0.25, 0.3) is 11.5 Å². The lowest BCUT2D eigenvalue weighted by atomic mass is 10.1. The van der Waals surface area contributed by atoms with E-state index in [-0.39, 0.29) is 21.6 Å². The van der Waals surface area contributed by atoms with Gasteiger partial charge in [-0.2, -0.15) is 0 Å². The lowest BCUT2D eigenvalue weighted by molar-refractivity contribution is 0.102. The van der Waals surface area contributed by atoms with Gasteiger partial charge in [-0.15, -0.1) is 0 Å².